The van der Waals surface area contributed by atoms with Crippen LogP contribution in [-0.2, 0) is 9.53 Å². The van der Waals surface area contributed by atoms with Crippen LogP contribution < -0.4 is 0 Å². The molecular formula is C13H15NO3. The second-order valence-electron chi connectivity index (χ2n) is 4.21. The number of hydrogen-bond donors (Lipinski definition) is 1. The molecule has 90 valence electrons. The molecule has 1 aliphatic rings. The Morgan fingerprint density at radius 1 is 1.41 bits per heavy atom. The van der Waals surface area contributed by atoms with Gasteiger partial charge in [0.25, 0.3) is 0 Å². The first-order valence-corrected chi connectivity index (χ1v) is 5.75. The van der Waals surface area contributed by atoms with E-state index in [1.165, 1.54) is 0 Å². The number of carbonyl (C=O) groups excluding carboxylic acids is 1. The lowest BCUT2D eigenvalue weighted by atomic mass is 9.87. The Morgan fingerprint density at radius 3 is 2.82 bits per heavy atom. The minimum absolute atomic E-state index is 0.195. The van der Waals surface area contributed by atoms with Gasteiger partial charge in [-0.1, -0.05) is 12.1 Å². The molecule has 0 spiro atoms. The lowest BCUT2D eigenvalue weighted by Crippen LogP contribution is -2.21. The number of rotatable bonds is 3. The first-order valence-electron chi connectivity index (χ1n) is 5.75. The fourth-order valence-electron chi connectivity index (χ4n) is 2.25. The van der Waals surface area contributed by atoms with E-state index < -0.39 is 0 Å². The van der Waals surface area contributed by atoms with Gasteiger partial charge in [-0.2, -0.15) is 4.99 Å². The van der Waals surface area contributed by atoms with E-state index in [9.17, 15) is 9.90 Å². The Balaban J connectivity index is 2.24. The molecule has 1 saturated heterocycles. The Bertz CT molecular complexity index is 420. The summed E-state index contributed by atoms with van der Waals surface area (Å²) >= 11 is 0. The fraction of sp³-hybridized carbons (Fsp3) is 0.462. The molecule has 1 aromatic rings. The van der Waals surface area contributed by atoms with E-state index in [1.54, 1.807) is 24.3 Å². The van der Waals surface area contributed by atoms with Gasteiger partial charge in [0.05, 0.1) is 6.04 Å². The highest BCUT2D eigenvalue weighted by atomic mass is 16.5. The molecule has 1 unspecified atom stereocenters. The van der Waals surface area contributed by atoms with E-state index in [4.69, 9.17) is 4.74 Å². The molecule has 2 rings (SSSR count). The van der Waals surface area contributed by atoms with Crippen LogP contribution in [-0.4, -0.2) is 24.4 Å². The van der Waals surface area contributed by atoms with Gasteiger partial charge in [-0.05, 0) is 36.5 Å². The summed E-state index contributed by atoms with van der Waals surface area (Å²) in [5, 5.41) is 9.46. The molecule has 0 saturated carbocycles. The molecule has 17 heavy (non-hydrogen) atoms. The van der Waals surface area contributed by atoms with Crippen LogP contribution in [0, 0.1) is 5.92 Å². The quantitative estimate of drug-likeness (QED) is 0.643. The molecule has 0 radical (unpaired) electrons. The summed E-state index contributed by atoms with van der Waals surface area (Å²) < 4.78 is 5.30. The second kappa shape index (κ2) is 5.62. The molecule has 0 aliphatic carbocycles. The van der Waals surface area contributed by atoms with Crippen LogP contribution in [0.25, 0.3) is 0 Å². The van der Waals surface area contributed by atoms with Gasteiger partial charge in [-0.3, -0.25) is 0 Å². The highest BCUT2D eigenvalue weighted by molar-refractivity contribution is 5.37. The Labute approximate surface area is 99.9 Å². The number of ether oxygens (including phenoxy) is 1. The van der Waals surface area contributed by atoms with Crippen LogP contribution in [0.3, 0.4) is 0 Å². The van der Waals surface area contributed by atoms with Crippen molar-refractivity contribution >= 4 is 6.08 Å². The standard InChI is InChI=1S/C13H15NO3/c15-9-14-13(10-4-6-17-7-5-10)11-2-1-3-12(16)8-11/h1-3,8,10,13,16H,4-7H2. The van der Waals surface area contributed by atoms with Gasteiger partial charge >= 0.3 is 0 Å². The maximum absolute atomic E-state index is 10.5. The van der Waals surface area contributed by atoms with Crippen LogP contribution in [0.2, 0.25) is 0 Å². The first-order chi connectivity index (χ1) is 8.31. The first kappa shape index (κ1) is 11.8. The van der Waals surface area contributed by atoms with Crippen LogP contribution in [0.4, 0.5) is 0 Å². The van der Waals surface area contributed by atoms with Gasteiger partial charge in [0.1, 0.15) is 5.75 Å². The Kier molecular flexibility index (Phi) is 3.91. The number of isocyanates is 1. The number of phenolic OH excluding ortho intramolecular Hbond substituents is 1. The highest BCUT2D eigenvalue weighted by Crippen LogP contribution is 2.33. The lowest BCUT2D eigenvalue weighted by molar-refractivity contribution is 0.0586. The van der Waals surface area contributed by atoms with E-state index in [0.29, 0.717) is 13.2 Å². The molecule has 1 N–H and O–H groups in total. The summed E-state index contributed by atoms with van der Waals surface area (Å²) in [5.74, 6) is 0.479. The number of aliphatic imine (C=N–C) groups is 1. The predicted octanol–water partition coefficient (Wildman–Crippen LogP) is 2.20. The molecular weight excluding hydrogens is 218 g/mol. The zero-order valence-corrected chi connectivity index (χ0v) is 9.50. The van der Waals surface area contributed by atoms with Crippen molar-refractivity contribution in [1.29, 1.82) is 0 Å². The average molecular weight is 233 g/mol. The van der Waals surface area contributed by atoms with Crippen molar-refractivity contribution in [2.24, 2.45) is 10.9 Å². The zero-order valence-electron chi connectivity index (χ0n) is 9.50. The Hall–Kier alpha value is -1.64. The molecule has 1 fully saturated rings. The molecule has 1 heterocycles. The van der Waals surface area contributed by atoms with Crippen LogP contribution in [0.1, 0.15) is 24.4 Å². The number of benzene rings is 1. The summed E-state index contributed by atoms with van der Waals surface area (Å²) in [4.78, 5) is 14.4. The molecule has 0 bridgehead atoms. The van der Waals surface area contributed by atoms with Crippen LogP contribution in [0.15, 0.2) is 29.3 Å². The van der Waals surface area contributed by atoms with E-state index >= 15 is 0 Å². The lowest BCUT2D eigenvalue weighted by Gasteiger charge is -2.27. The molecule has 4 nitrogen and oxygen atoms in total. The van der Waals surface area contributed by atoms with Crippen LogP contribution in [0.5, 0.6) is 5.75 Å². The van der Waals surface area contributed by atoms with Crippen molar-refractivity contribution < 1.29 is 14.6 Å². The summed E-state index contributed by atoms with van der Waals surface area (Å²) in [6.45, 7) is 1.41. The summed E-state index contributed by atoms with van der Waals surface area (Å²) in [5.41, 5.74) is 0.861. The van der Waals surface area contributed by atoms with E-state index in [0.717, 1.165) is 18.4 Å². The molecule has 1 atom stereocenters. The minimum atomic E-state index is -0.219. The second-order valence-corrected chi connectivity index (χ2v) is 4.21. The SMILES string of the molecule is O=C=NC(c1cccc(O)c1)C1CCOCC1. The van der Waals surface area contributed by atoms with Gasteiger partial charge in [0.15, 0.2) is 0 Å². The van der Waals surface area contributed by atoms with Crippen LogP contribution >= 0.6 is 0 Å². The number of phenols is 1. The fourth-order valence-corrected chi connectivity index (χ4v) is 2.25. The van der Waals surface area contributed by atoms with Gasteiger partial charge in [0, 0.05) is 13.2 Å². The molecule has 1 aliphatic heterocycles. The predicted molar refractivity (Wildman–Crippen MR) is 62.5 cm³/mol. The number of hydrogen-bond acceptors (Lipinski definition) is 4. The molecule has 4 heteroatoms. The monoisotopic (exact) mass is 233 g/mol. The largest absolute Gasteiger partial charge is 0.508 e. The summed E-state index contributed by atoms with van der Waals surface area (Å²) in [6.07, 6.45) is 3.40. The third-order valence-corrected chi connectivity index (χ3v) is 3.12. The highest BCUT2D eigenvalue weighted by Gasteiger charge is 2.25. The van der Waals surface area contributed by atoms with Crippen molar-refractivity contribution in [3.63, 3.8) is 0 Å². The topological polar surface area (TPSA) is 58.9 Å². The van der Waals surface area contributed by atoms with Gasteiger partial charge < -0.3 is 9.84 Å². The van der Waals surface area contributed by atoms with Gasteiger partial charge in [0.2, 0.25) is 6.08 Å². The normalized spacial score (nSPS) is 18.4. The van der Waals surface area contributed by atoms with Crippen molar-refractivity contribution in [2.75, 3.05) is 13.2 Å². The number of nitrogens with zero attached hydrogens (tertiary/aromatic N) is 1. The van der Waals surface area contributed by atoms with Crippen molar-refractivity contribution in [2.45, 2.75) is 18.9 Å². The zero-order chi connectivity index (χ0) is 12.1. The Morgan fingerprint density at radius 2 is 2.18 bits per heavy atom. The van der Waals surface area contributed by atoms with Crippen molar-refractivity contribution in [3.8, 4) is 5.75 Å². The molecule has 0 amide bonds. The van der Waals surface area contributed by atoms with Gasteiger partial charge in [-0.15, -0.1) is 0 Å². The third kappa shape index (κ3) is 2.93. The summed E-state index contributed by atoms with van der Waals surface area (Å²) in [6, 6.07) is 6.68. The van der Waals surface area contributed by atoms with E-state index in [-0.39, 0.29) is 17.7 Å². The van der Waals surface area contributed by atoms with E-state index in [1.807, 2.05) is 6.07 Å². The van der Waals surface area contributed by atoms with Gasteiger partial charge in [-0.25, -0.2) is 4.79 Å². The smallest absolute Gasteiger partial charge is 0.235 e. The molecule has 0 aromatic heterocycles. The average Bonchev–Trinajstić information content (AvgIpc) is 2.37. The maximum atomic E-state index is 10.5. The summed E-state index contributed by atoms with van der Waals surface area (Å²) in [7, 11) is 0. The third-order valence-electron chi connectivity index (χ3n) is 3.12. The van der Waals surface area contributed by atoms with E-state index in [2.05, 4.69) is 4.99 Å². The maximum Gasteiger partial charge on any atom is 0.235 e. The number of aromatic hydroxyl groups is 1. The molecule has 1 aromatic carbocycles. The van der Waals surface area contributed by atoms with Crippen molar-refractivity contribution in [3.05, 3.63) is 29.8 Å². The van der Waals surface area contributed by atoms with Crippen molar-refractivity contribution in [1.82, 2.24) is 0 Å². The minimum Gasteiger partial charge on any atom is -0.508 e.